The Morgan fingerprint density at radius 1 is 0.920 bits per heavy atom. The SMILES string of the molecule is Cc1cccc(O[Si](C)C)c1N=C(c1ccccc1)c1ccccn1. The second-order valence-electron chi connectivity index (χ2n) is 5.97. The second kappa shape index (κ2) is 7.90. The molecular weight excluding hydrogens is 324 g/mol. The fourth-order valence-corrected chi connectivity index (χ4v) is 3.16. The summed E-state index contributed by atoms with van der Waals surface area (Å²) in [5.41, 5.74) is 4.69. The number of para-hydroxylation sites is 1. The average molecular weight is 345 g/mol. The van der Waals surface area contributed by atoms with Crippen molar-refractivity contribution in [2.45, 2.75) is 20.0 Å². The molecule has 3 rings (SSSR count). The number of hydrogen-bond acceptors (Lipinski definition) is 3. The largest absolute Gasteiger partial charge is 0.541 e. The van der Waals surface area contributed by atoms with Crippen molar-refractivity contribution in [3.63, 3.8) is 0 Å². The lowest BCUT2D eigenvalue weighted by molar-refractivity contribution is 0.581. The van der Waals surface area contributed by atoms with Crippen LogP contribution in [0.2, 0.25) is 13.1 Å². The normalized spacial score (nSPS) is 11.6. The molecule has 25 heavy (non-hydrogen) atoms. The highest BCUT2D eigenvalue weighted by Crippen LogP contribution is 2.33. The van der Waals surface area contributed by atoms with Crippen molar-refractivity contribution >= 4 is 20.4 Å². The maximum absolute atomic E-state index is 6.07. The van der Waals surface area contributed by atoms with Gasteiger partial charge in [-0.1, -0.05) is 48.5 Å². The van der Waals surface area contributed by atoms with Gasteiger partial charge in [0.05, 0.1) is 11.4 Å². The van der Waals surface area contributed by atoms with E-state index in [9.17, 15) is 0 Å². The summed E-state index contributed by atoms with van der Waals surface area (Å²) in [5, 5.41) is 0. The molecule has 0 aliphatic heterocycles. The minimum Gasteiger partial charge on any atom is -0.541 e. The van der Waals surface area contributed by atoms with Crippen LogP contribution in [0.3, 0.4) is 0 Å². The molecule has 0 spiro atoms. The zero-order valence-corrected chi connectivity index (χ0v) is 15.7. The van der Waals surface area contributed by atoms with Crippen LogP contribution in [0.5, 0.6) is 5.75 Å². The molecule has 0 aliphatic carbocycles. The van der Waals surface area contributed by atoms with Crippen LogP contribution in [0, 0.1) is 6.92 Å². The van der Waals surface area contributed by atoms with Gasteiger partial charge in [-0.3, -0.25) is 4.98 Å². The van der Waals surface area contributed by atoms with Crippen LogP contribution in [0.25, 0.3) is 0 Å². The molecule has 0 saturated heterocycles. The quantitative estimate of drug-likeness (QED) is 0.471. The van der Waals surface area contributed by atoms with E-state index >= 15 is 0 Å². The van der Waals surface area contributed by atoms with Crippen LogP contribution in [0.4, 0.5) is 5.69 Å². The van der Waals surface area contributed by atoms with E-state index in [1.54, 1.807) is 6.20 Å². The smallest absolute Gasteiger partial charge is 0.274 e. The van der Waals surface area contributed by atoms with Crippen LogP contribution in [-0.4, -0.2) is 19.7 Å². The number of hydrogen-bond donors (Lipinski definition) is 0. The van der Waals surface area contributed by atoms with Crippen LogP contribution in [0.1, 0.15) is 16.8 Å². The van der Waals surface area contributed by atoms with Crippen molar-refractivity contribution in [3.8, 4) is 5.75 Å². The zero-order chi connectivity index (χ0) is 17.6. The van der Waals surface area contributed by atoms with Crippen molar-refractivity contribution in [2.75, 3.05) is 0 Å². The van der Waals surface area contributed by atoms with Crippen molar-refractivity contribution in [1.82, 2.24) is 4.98 Å². The molecule has 0 aliphatic rings. The summed E-state index contributed by atoms with van der Waals surface area (Å²) < 4.78 is 6.07. The van der Waals surface area contributed by atoms with Gasteiger partial charge in [0, 0.05) is 11.8 Å². The molecule has 0 fully saturated rings. The Kier molecular flexibility index (Phi) is 5.41. The van der Waals surface area contributed by atoms with Gasteiger partial charge in [0.25, 0.3) is 9.04 Å². The van der Waals surface area contributed by atoms with Gasteiger partial charge in [0.2, 0.25) is 0 Å². The van der Waals surface area contributed by atoms with Gasteiger partial charge in [-0.05, 0) is 43.8 Å². The summed E-state index contributed by atoms with van der Waals surface area (Å²) >= 11 is 0. The lowest BCUT2D eigenvalue weighted by atomic mass is 10.1. The van der Waals surface area contributed by atoms with E-state index in [-0.39, 0.29) is 0 Å². The van der Waals surface area contributed by atoms with Crippen molar-refractivity contribution < 1.29 is 4.43 Å². The van der Waals surface area contributed by atoms with Crippen molar-refractivity contribution in [3.05, 3.63) is 89.7 Å². The van der Waals surface area contributed by atoms with E-state index in [1.807, 2.05) is 48.5 Å². The minimum atomic E-state index is -0.874. The summed E-state index contributed by atoms with van der Waals surface area (Å²) in [7, 11) is -0.874. The van der Waals surface area contributed by atoms with Gasteiger partial charge < -0.3 is 4.43 Å². The molecule has 0 saturated carbocycles. The van der Waals surface area contributed by atoms with Crippen molar-refractivity contribution in [2.24, 2.45) is 4.99 Å². The molecule has 2 aromatic carbocycles. The van der Waals surface area contributed by atoms with E-state index < -0.39 is 9.04 Å². The Morgan fingerprint density at radius 2 is 1.68 bits per heavy atom. The van der Waals surface area contributed by atoms with Crippen molar-refractivity contribution in [1.29, 1.82) is 0 Å². The molecule has 3 nitrogen and oxygen atoms in total. The van der Waals surface area contributed by atoms with E-state index in [4.69, 9.17) is 9.42 Å². The predicted octanol–water partition coefficient (Wildman–Crippen LogP) is 5.19. The van der Waals surface area contributed by atoms with Crippen LogP contribution >= 0.6 is 0 Å². The summed E-state index contributed by atoms with van der Waals surface area (Å²) in [4.78, 5) is 9.50. The summed E-state index contributed by atoms with van der Waals surface area (Å²) in [6, 6.07) is 22.1. The molecule has 0 amide bonds. The fraction of sp³-hybridized carbons (Fsp3) is 0.143. The number of aliphatic imine (C=N–C) groups is 1. The summed E-state index contributed by atoms with van der Waals surface area (Å²) in [6.45, 7) is 6.30. The molecule has 1 radical (unpaired) electrons. The van der Waals surface area contributed by atoms with E-state index in [1.165, 1.54) is 0 Å². The number of aromatic nitrogens is 1. The second-order valence-corrected chi connectivity index (χ2v) is 7.99. The molecule has 0 bridgehead atoms. The molecular formula is C21H21N2OSi. The lowest BCUT2D eigenvalue weighted by Crippen LogP contribution is -2.12. The Labute approximate surface area is 150 Å². The first kappa shape index (κ1) is 17.1. The molecule has 0 unspecified atom stereocenters. The van der Waals surface area contributed by atoms with Crippen LogP contribution < -0.4 is 4.43 Å². The number of benzene rings is 2. The highest BCUT2D eigenvalue weighted by atomic mass is 28.3. The third-order valence-corrected chi connectivity index (χ3v) is 4.32. The highest BCUT2D eigenvalue weighted by Gasteiger charge is 2.13. The average Bonchev–Trinajstić information content (AvgIpc) is 2.62. The van der Waals surface area contributed by atoms with E-state index in [2.05, 4.69) is 43.2 Å². The monoisotopic (exact) mass is 345 g/mol. The first-order valence-electron chi connectivity index (χ1n) is 8.28. The Hall–Kier alpha value is -2.72. The van der Waals surface area contributed by atoms with Crippen LogP contribution in [-0.2, 0) is 0 Å². The summed E-state index contributed by atoms with van der Waals surface area (Å²) in [5.74, 6) is 0.836. The third-order valence-electron chi connectivity index (χ3n) is 3.69. The standard InChI is InChI=1S/C21H21N2OSi/c1-16-10-9-14-19(24-25(2)3)20(16)23-21(17-11-5-4-6-12-17)18-13-7-8-15-22-18/h4-15H,1-3H3. The van der Waals surface area contributed by atoms with Gasteiger partial charge in [-0.2, -0.15) is 0 Å². The molecule has 125 valence electrons. The van der Waals surface area contributed by atoms with Gasteiger partial charge in [0.1, 0.15) is 11.4 Å². The first-order valence-corrected chi connectivity index (χ1v) is 10.7. The van der Waals surface area contributed by atoms with E-state index in [0.717, 1.165) is 34.0 Å². The molecule has 4 heteroatoms. The first-order chi connectivity index (χ1) is 12.1. The maximum Gasteiger partial charge on any atom is 0.274 e. The predicted molar refractivity (Wildman–Crippen MR) is 105 cm³/mol. The third kappa shape index (κ3) is 4.22. The number of rotatable bonds is 5. The number of aryl methyl sites for hydroxylation is 1. The molecule has 3 aromatic rings. The topological polar surface area (TPSA) is 34.5 Å². The van der Waals surface area contributed by atoms with E-state index in [0.29, 0.717) is 0 Å². The maximum atomic E-state index is 6.07. The zero-order valence-electron chi connectivity index (χ0n) is 14.7. The van der Waals surface area contributed by atoms with Gasteiger partial charge >= 0.3 is 0 Å². The Bertz CT molecular complexity index is 820. The Morgan fingerprint density at radius 3 is 2.36 bits per heavy atom. The molecule has 0 N–H and O–H groups in total. The van der Waals surface area contributed by atoms with Gasteiger partial charge in [0.15, 0.2) is 0 Å². The molecule has 1 heterocycles. The van der Waals surface area contributed by atoms with Gasteiger partial charge in [-0.15, -0.1) is 0 Å². The van der Waals surface area contributed by atoms with Gasteiger partial charge in [-0.25, -0.2) is 4.99 Å². The number of pyridine rings is 1. The lowest BCUT2D eigenvalue weighted by Gasteiger charge is -2.14. The molecule has 0 atom stereocenters. The van der Waals surface area contributed by atoms with Crippen LogP contribution in [0.15, 0.2) is 77.9 Å². The molecule has 1 aromatic heterocycles. The summed E-state index contributed by atoms with van der Waals surface area (Å²) in [6.07, 6.45) is 1.79. The highest BCUT2D eigenvalue weighted by molar-refractivity contribution is 6.49. The minimum absolute atomic E-state index is 0.836. The number of nitrogens with zero attached hydrogens (tertiary/aromatic N) is 2. The Balaban J connectivity index is 2.18. The fourth-order valence-electron chi connectivity index (χ4n) is 2.56.